The van der Waals surface area contributed by atoms with Crippen LogP contribution < -0.4 is 10.9 Å². The molecule has 0 fully saturated rings. The number of aromatic amines is 1. The van der Waals surface area contributed by atoms with Crippen molar-refractivity contribution in [2.45, 2.75) is 38.5 Å². The van der Waals surface area contributed by atoms with Gasteiger partial charge in [0, 0.05) is 16.1 Å². The van der Waals surface area contributed by atoms with Gasteiger partial charge in [-0.1, -0.05) is 31.4 Å². The number of nitrogens with zero attached hydrogens (tertiary/aromatic N) is 1. The van der Waals surface area contributed by atoms with Crippen LogP contribution in [0.2, 0.25) is 5.02 Å². The molecule has 0 saturated carbocycles. The van der Waals surface area contributed by atoms with Gasteiger partial charge in [-0.3, -0.25) is 4.79 Å². The predicted molar refractivity (Wildman–Crippen MR) is 85.6 cm³/mol. The largest absolute Gasteiger partial charge is 0.349 e. The van der Waals surface area contributed by atoms with E-state index in [4.69, 9.17) is 11.6 Å². The Morgan fingerprint density at radius 1 is 1.38 bits per heavy atom. The predicted octanol–water partition coefficient (Wildman–Crippen LogP) is 3.98. The molecule has 0 amide bonds. The molecule has 1 unspecified atom stereocenters. The number of benzene rings is 1. The smallest absolute Gasteiger partial charge is 0.274 e. The van der Waals surface area contributed by atoms with Crippen molar-refractivity contribution in [1.82, 2.24) is 9.97 Å². The van der Waals surface area contributed by atoms with Crippen molar-refractivity contribution in [3.63, 3.8) is 0 Å². The Balaban J connectivity index is 2.25. The number of H-pyrrole nitrogens is 1. The summed E-state index contributed by atoms with van der Waals surface area (Å²) >= 11 is 6.18. The van der Waals surface area contributed by atoms with Gasteiger partial charge in [0.05, 0.1) is 12.0 Å². The maximum absolute atomic E-state index is 12.1. The van der Waals surface area contributed by atoms with Crippen molar-refractivity contribution < 1.29 is 0 Å². The molecular formula is C16H18ClN3O. The Morgan fingerprint density at radius 2 is 2.19 bits per heavy atom. The van der Waals surface area contributed by atoms with Gasteiger partial charge in [-0.15, -0.1) is 0 Å². The highest BCUT2D eigenvalue weighted by molar-refractivity contribution is 6.30. The quantitative estimate of drug-likeness (QED) is 0.902. The fourth-order valence-electron chi connectivity index (χ4n) is 3.06. The van der Waals surface area contributed by atoms with Crippen LogP contribution in [0.4, 0.5) is 11.4 Å². The Hall–Kier alpha value is -1.81. The molecule has 2 aromatic rings. The molecule has 1 atom stereocenters. The molecule has 0 bridgehead atoms. The minimum absolute atomic E-state index is 0.136. The molecule has 1 aliphatic heterocycles. The van der Waals surface area contributed by atoms with Gasteiger partial charge in [0.2, 0.25) is 0 Å². The molecule has 0 aliphatic carbocycles. The van der Waals surface area contributed by atoms with E-state index in [0.29, 0.717) is 10.7 Å². The Labute approximate surface area is 128 Å². The summed E-state index contributed by atoms with van der Waals surface area (Å²) in [6.07, 6.45) is 4.57. The number of hydrogen-bond donors (Lipinski definition) is 2. The molecule has 1 aromatic carbocycles. The van der Waals surface area contributed by atoms with Crippen molar-refractivity contribution >= 4 is 23.0 Å². The maximum atomic E-state index is 12.1. The highest BCUT2D eigenvalue weighted by Crippen LogP contribution is 2.46. The number of unbranched alkanes of at least 4 members (excludes halogenated alkanes) is 1. The van der Waals surface area contributed by atoms with Crippen molar-refractivity contribution in [2.24, 2.45) is 0 Å². The first-order valence-electron chi connectivity index (χ1n) is 7.21. The average Bonchev–Trinajstić information content (AvgIpc) is 2.48. The fourth-order valence-corrected chi connectivity index (χ4v) is 3.23. The lowest BCUT2D eigenvalue weighted by molar-refractivity contribution is 0.478. The van der Waals surface area contributed by atoms with Gasteiger partial charge in [0.1, 0.15) is 5.69 Å². The van der Waals surface area contributed by atoms with Crippen LogP contribution in [0.3, 0.4) is 0 Å². The number of halogens is 1. The SMILES string of the molecule is CCCCC1(C)c2cc(Cl)ccc2Nc2c1nc[nH]c2=O. The molecule has 1 aliphatic rings. The molecule has 1 aromatic heterocycles. The standard InChI is InChI=1S/C16H18ClN3O/c1-3-4-7-16(2)11-8-10(17)5-6-12(11)20-13-14(16)18-9-19-15(13)21/h5-6,8-9,20H,3-4,7H2,1-2H3,(H,18,19,21). The Morgan fingerprint density at radius 3 is 2.95 bits per heavy atom. The van der Waals surface area contributed by atoms with Gasteiger partial charge in [0.25, 0.3) is 5.56 Å². The van der Waals surface area contributed by atoms with E-state index in [1.807, 2.05) is 18.2 Å². The molecular weight excluding hydrogens is 286 g/mol. The van der Waals surface area contributed by atoms with Crippen LogP contribution in [0.1, 0.15) is 44.4 Å². The molecule has 21 heavy (non-hydrogen) atoms. The third-order valence-corrected chi connectivity index (χ3v) is 4.48. The van der Waals surface area contributed by atoms with Crippen molar-refractivity contribution in [3.8, 4) is 0 Å². The fraction of sp³-hybridized carbons (Fsp3) is 0.375. The van der Waals surface area contributed by atoms with Gasteiger partial charge in [0.15, 0.2) is 0 Å². The molecule has 110 valence electrons. The van der Waals surface area contributed by atoms with E-state index in [-0.39, 0.29) is 11.0 Å². The zero-order valence-corrected chi connectivity index (χ0v) is 12.9. The summed E-state index contributed by atoms with van der Waals surface area (Å²) in [6.45, 7) is 4.30. The normalized spacial score (nSPS) is 19.6. The average molecular weight is 304 g/mol. The molecule has 4 nitrogen and oxygen atoms in total. The molecule has 0 spiro atoms. The highest BCUT2D eigenvalue weighted by Gasteiger charge is 2.38. The first kappa shape index (κ1) is 14.1. The van der Waals surface area contributed by atoms with Crippen LogP contribution in [0.5, 0.6) is 0 Å². The molecule has 0 saturated heterocycles. The summed E-state index contributed by atoms with van der Waals surface area (Å²) in [5, 5.41) is 3.90. The zero-order chi connectivity index (χ0) is 15.0. The summed E-state index contributed by atoms with van der Waals surface area (Å²) in [4.78, 5) is 19.2. The van der Waals surface area contributed by atoms with Gasteiger partial charge < -0.3 is 10.3 Å². The molecule has 2 heterocycles. The number of aromatic nitrogens is 2. The van der Waals surface area contributed by atoms with Crippen LogP contribution in [0.25, 0.3) is 0 Å². The second-order valence-corrected chi connectivity index (χ2v) is 6.14. The van der Waals surface area contributed by atoms with E-state index in [2.05, 4.69) is 29.1 Å². The second kappa shape index (κ2) is 5.19. The molecule has 3 rings (SSSR count). The van der Waals surface area contributed by atoms with E-state index in [1.54, 1.807) is 0 Å². The van der Waals surface area contributed by atoms with Crippen molar-refractivity contribution in [3.05, 3.63) is 51.2 Å². The number of hydrogen-bond acceptors (Lipinski definition) is 3. The summed E-state index contributed by atoms with van der Waals surface area (Å²) < 4.78 is 0. The Kier molecular flexibility index (Phi) is 3.49. The summed E-state index contributed by atoms with van der Waals surface area (Å²) in [7, 11) is 0. The maximum Gasteiger partial charge on any atom is 0.274 e. The lowest BCUT2D eigenvalue weighted by Gasteiger charge is -2.37. The highest BCUT2D eigenvalue weighted by atomic mass is 35.5. The number of nitrogens with one attached hydrogen (secondary N) is 2. The van der Waals surface area contributed by atoms with Crippen molar-refractivity contribution in [1.29, 1.82) is 0 Å². The summed E-state index contributed by atoms with van der Waals surface area (Å²) in [5.74, 6) is 0. The Bertz CT molecular complexity index is 741. The van der Waals surface area contributed by atoms with E-state index in [0.717, 1.165) is 36.2 Å². The first-order chi connectivity index (χ1) is 10.1. The van der Waals surface area contributed by atoms with E-state index in [9.17, 15) is 4.79 Å². The van der Waals surface area contributed by atoms with Gasteiger partial charge >= 0.3 is 0 Å². The van der Waals surface area contributed by atoms with Gasteiger partial charge in [-0.2, -0.15) is 0 Å². The summed E-state index contributed by atoms with van der Waals surface area (Å²) in [5.41, 5.74) is 2.95. The molecule has 0 radical (unpaired) electrons. The van der Waals surface area contributed by atoms with Gasteiger partial charge in [-0.05, 0) is 37.1 Å². The lowest BCUT2D eigenvalue weighted by atomic mass is 9.72. The third kappa shape index (κ3) is 2.23. The van der Waals surface area contributed by atoms with E-state index >= 15 is 0 Å². The van der Waals surface area contributed by atoms with Crippen LogP contribution >= 0.6 is 11.6 Å². The minimum Gasteiger partial charge on any atom is -0.349 e. The number of fused-ring (bicyclic) bond motifs is 2. The van der Waals surface area contributed by atoms with Crippen LogP contribution in [-0.4, -0.2) is 9.97 Å². The second-order valence-electron chi connectivity index (χ2n) is 5.71. The topological polar surface area (TPSA) is 57.8 Å². The van der Waals surface area contributed by atoms with Crippen LogP contribution in [0.15, 0.2) is 29.3 Å². The molecule has 5 heteroatoms. The number of anilines is 2. The first-order valence-corrected chi connectivity index (χ1v) is 7.59. The minimum atomic E-state index is -0.301. The van der Waals surface area contributed by atoms with Crippen LogP contribution in [-0.2, 0) is 5.41 Å². The monoisotopic (exact) mass is 303 g/mol. The third-order valence-electron chi connectivity index (χ3n) is 4.24. The van der Waals surface area contributed by atoms with Gasteiger partial charge in [-0.25, -0.2) is 4.98 Å². The molecule has 2 N–H and O–H groups in total. The van der Waals surface area contributed by atoms with Crippen molar-refractivity contribution in [2.75, 3.05) is 5.32 Å². The summed E-state index contributed by atoms with van der Waals surface area (Å²) in [6, 6.07) is 5.74. The number of rotatable bonds is 3. The van der Waals surface area contributed by atoms with E-state index in [1.165, 1.54) is 6.33 Å². The zero-order valence-electron chi connectivity index (χ0n) is 12.2. The lowest BCUT2D eigenvalue weighted by Crippen LogP contribution is -2.34. The van der Waals surface area contributed by atoms with E-state index < -0.39 is 0 Å². The van der Waals surface area contributed by atoms with Crippen LogP contribution in [0, 0.1) is 0 Å².